The molecule has 1 saturated heterocycles. The lowest BCUT2D eigenvalue weighted by atomic mass is 9.95. The summed E-state index contributed by atoms with van der Waals surface area (Å²) in [4.78, 5) is 4.62. The van der Waals surface area contributed by atoms with Crippen LogP contribution >= 0.6 is 0 Å². The zero-order valence-electron chi connectivity index (χ0n) is 11.5. The lowest BCUT2D eigenvalue weighted by Crippen LogP contribution is -2.45. The van der Waals surface area contributed by atoms with Crippen molar-refractivity contribution in [2.75, 3.05) is 33.2 Å². The van der Waals surface area contributed by atoms with Gasteiger partial charge >= 0.3 is 0 Å². The van der Waals surface area contributed by atoms with Crippen LogP contribution in [0.1, 0.15) is 22.7 Å². The molecule has 2 rings (SSSR count). The molecule has 3 nitrogen and oxygen atoms in total. The minimum atomic E-state index is -0.0973. The molecule has 0 N–H and O–H groups in total. The van der Waals surface area contributed by atoms with Gasteiger partial charge in [0.05, 0.1) is 6.07 Å². The molecule has 1 atom stereocenters. The molecule has 0 aliphatic carbocycles. The van der Waals surface area contributed by atoms with Crippen molar-refractivity contribution >= 4 is 0 Å². The van der Waals surface area contributed by atoms with E-state index in [0.29, 0.717) is 0 Å². The van der Waals surface area contributed by atoms with Crippen molar-refractivity contribution < 1.29 is 0 Å². The molecule has 18 heavy (non-hydrogen) atoms. The molecule has 1 heterocycles. The van der Waals surface area contributed by atoms with Crippen molar-refractivity contribution in [3.8, 4) is 6.07 Å². The molecular formula is C15H21N3. The second kappa shape index (κ2) is 5.51. The third-order valence-electron chi connectivity index (χ3n) is 3.84. The van der Waals surface area contributed by atoms with Gasteiger partial charge in [0.1, 0.15) is 6.04 Å². The summed E-state index contributed by atoms with van der Waals surface area (Å²) in [7, 11) is 2.14. The van der Waals surface area contributed by atoms with Gasteiger partial charge in [-0.05, 0) is 37.6 Å². The molecule has 96 valence electrons. The summed E-state index contributed by atoms with van der Waals surface area (Å²) < 4.78 is 0. The van der Waals surface area contributed by atoms with E-state index in [1.807, 2.05) is 0 Å². The van der Waals surface area contributed by atoms with Crippen molar-refractivity contribution in [1.82, 2.24) is 9.80 Å². The minimum Gasteiger partial charge on any atom is -0.304 e. The van der Waals surface area contributed by atoms with Crippen LogP contribution in [0, 0.1) is 25.2 Å². The summed E-state index contributed by atoms with van der Waals surface area (Å²) in [6.07, 6.45) is 0. The summed E-state index contributed by atoms with van der Waals surface area (Å²) in [5.41, 5.74) is 3.64. The molecule has 1 aliphatic heterocycles. The first kappa shape index (κ1) is 13.1. The van der Waals surface area contributed by atoms with Gasteiger partial charge in [0, 0.05) is 26.2 Å². The molecule has 1 aromatic rings. The summed E-state index contributed by atoms with van der Waals surface area (Å²) >= 11 is 0. The lowest BCUT2D eigenvalue weighted by molar-refractivity contribution is 0.132. The van der Waals surface area contributed by atoms with Gasteiger partial charge in [-0.25, -0.2) is 0 Å². The van der Waals surface area contributed by atoms with E-state index >= 15 is 0 Å². The molecule has 0 spiro atoms. The fourth-order valence-corrected chi connectivity index (χ4v) is 2.67. The first-order chi connectivity index (χ1) is 8.63. The Balaban J connectivity index is 2.26. The van der Waals surface area contributed by atoms with Crippen LogP contribution in [0.3, 0.4) is 0 Å². The van der Waals surface area contributed by atoms with Gasteiger partial charge in [0.2, 0.25) is 0 Å². The van der Waals surface area contributed by atoms with Gasteiger partial charge in [-0.3, -0.25) is 4.90 Å². The number of nitrogens with zero attached hydrogens (tertiary/aromatic N) is 3. The van der Waals surface area contributed by atoms with E-state index in [-0.39, 0.29) is 6.04 Å². The van der Waals surface area contributed by atoms with Gasteiger partial charge in [-0.1, -0.05) is 18.2 Å². The highest BCUT2D eigenvalue weighted by Crippen LogP contribution is 2.27. The average molecular weight is 243 g/mol. The van der Waals surface area contributed by atoms with Gasteiger partial charge in [-0.15, -0.1) is 0 Å². The van der Waals surface area contributed by atoms with Gasteiger partial charge in [0.15, 0.2) is 0 Å². The van der Waals surface area contributed by atoms with E-state index in [1.165, 1.54) is 16.7 Å². The number of likely N-dealkylation sites (N-methyl/N-ethyl adjacent to an activating group) is 1. The number of nitriles is 1. The van der Waals surface area contributed by atoms with E-state index in [9.17, 15) is 5.26 Å². The molecule has 0 saturated carbocycles. The van der Waals surface area contributed by atoms with Crippen LogP contribution in [0.5, 0.6) is 0 Å². The van der Waals surface area contributed by atoms with E-state index < -0.39 is 0 Å². The smallest absolute Gasteiger partial charge is 0.124 e. The maximum absolute atomic E-state index is 9.54. The number of benzene rings is 1. The molecule has 0 bridgehead atoms. The monoisotopic (exact) mass is 243 g/mol. The van der Waals surface area contributed by atoms with E-state index in [2.05, 4.69) is 55.0 Å². The number of aryl methyl sites for hydroxylation is 2. The summed E-state index contributed by atoms with van der Waals surface area (Å²) in [6, 6.07) is 8.66. The van der Waals surface area contributed by atoms with Crippen molar-refractivity contribution in [1.29, 1.82) is 5.26 Å². The second-order valence-electron chi connectivity index (χ2n) is 5.18. The normalized spacial score (nSPS) is 19.4. The third kappa shape index (κ3) is 2.55. The first-order valence-corrected chi connectivity index (χ1v) is 6.52. The van der Waals surface area contributed by atoms with Crippen LogP contribution in [0.25, 0.3) is 0 Å². The molecule has 1 fully saturated rings. The lowest BCUT2D eigenvalue weighted by Gasteiger charge is -2.36. The Kier molecular flexibility index (Phi) is 4.00. The Labute approximate surface area is 110 Å². The highest BCUT2D eigenvalue weighted by Gasteiger charge is 2.25. The molecule has 1 aromatic carbocycles. The largest absolute Gasteiger partial charge is 0.304 e. The van der Waals surface area contributed by atoms with Crippen LogP contribution in [-0.2, 0) is 0 Å². The minimum absolute atomic E-state index is 0.0973. The molecule has 3 heteroatoms. The fraction of sp³-hybridized carbons (Fsp3) is 0.533. The van der Waals surface area contributed by atoms with Crippen molar-refractivity contribution in [2.24, 2.45) is 0 Å². The van der Waals surface area contributed by atoms with Crippen LogP contribution in [-0.4, -0.2) is 43.0 Å². The summed E-state index contributed by atoms with van der Waals surface area (Å²) in [5, 5.41) is 9.54. The van der Waals surface area contributed by atoms with Gasteiger partial charge in [0.25, 0.3) is 0 Å². The predicted molar refractivity (Wildman–Crippen MR) is 73.3 cm³/mol. The van der Waals surface area contributed by atoms with E-state index in [1.54, 1.807) is 0 Å². The molecule has 1 unspecified atom stereocenters. The van der Waals surface area contributed by atoms with Gasteiger partial charge < -0.3 is 4.90 Å². The fourth-order valence-electron chi connectivity index (χ4n) is 2.67. The Morgan fingerprint density at radius 2 is 1.67 bits per heavy atom. The maximum Gasteiger partial charge on any atom is 0.124 e. The molecule has 0 aromatic heterocycles. The number of rotatable bonds is 2. The predicted octanol–water partition coefficient (Wildman–Crippen LogP) is 2.12. The number of hydrogen-bond acceptors (Lipinski definition) is 3. The SMILES string of the molecule is Cc1cccc(C)c1C(C#N)N1CCN(C)CC1. The van der Waals surface area contributed by atoms with Crippen LogP contribution in [0.4, 0.5) is 0 Å². The van der Waals surface area contributed by atoms with Crippen molar-refractivity contribution in [2.45, 2.75) is 19.9 Å². The topological polar surface area (TPSA) is 30.3 Å². The van der Waals surface area contributed by atoms with E-state index in [4.69, 9.17) is 0 Å². The summed E-state index contributed by atoms with van der Waals surface area (Å²) in [6.45, 7) is 8.24. The second-order valence-corrected chi connectivity index (χ2v) is 5.18. The van der Waals surface area contributed by atoms with Crippen molar-refractivity contribution in [3.63, 3.8) is 0 Å². The van der Waals surface area contributed by atoms with E-state index in [0.717, 1.165) is 26.2 Å². The number of piperazine rings is 1. The Morgan fingerprint density at radius 1 is 1.11 bits per heavy atom. The first-order valence-electron chi connectivity index (χ1n) is 6.52. The third-order valence-corrected chi connectivity index (χ3v) is 3.84. The number of hydrogen-bond donors (Lipinski definition) is 0. The average Bonchev–Trinajstić information content (AvgIpc) is 2.35. The molecular weight excluding hydrogens is 222 g/mol. The zero-order chi connectivity index (χ0) is 13.1. The van der Waals surface area contributed by atoms with Crippen molar-refractivity contribution in [3.05, 3.63) is 34.9 Å². The zero-order valence-corrected chi connectivity index (χ0v) is 11.5. The highest BCUT2D eigenvalue weighted by atomic mass is 15.3. The van der Waals surface area contributed by atoms with Crippen LogP contribution in [0.2, 0.25) is 0 Å². The Bertz CT molecular complexity index is 433. The highest BCUT2D eigenvalue weighted by molar-refractivity contribution is 5.39. The Morgan fingerprint density at radius 3 is 2.17 bits per heavy atom. The van der Waals surface area contributed by atoms with Crippen LogP contribution < -0.4 is 0 Å². The van der Waals surface area contributed by atoms with Gasteiger partial charge in [-0.2, -0.15) is 5.26 Å². The molecule has 0 radical (unpaired) electrons. The molecule has 0 amide bonds. The standard InChI is InChI=1S/C15H21N3/c1-12-5-4-6-13(2)15(12)14(11-16)18-9-7-17(3)8-10-18/h4-6,14H,7-10H2,1-3H3. The summed E-state index contributed by atoms with van der Waals surface area (Å²) in [5.74, 6) is 0. The molecule has 1 aliphatic rings. The Hall–Kier alpha value is -1.37. The quantitative estimate of drug-likeness (QED) is 0.797. The van der Waals surface area contributed by atoms with Crippen LogP contribution in [0.15, 0.2) is 18.2 Å². The maximum atomic E-state index is 9.54.